The van der Waals surface area contributed by atoms with Gasteiger partial charge in [0, 0.05) is 5.69 Å². The summed E-state index contributed by atoms with van der Waals surface area (Å²) in [6, 6.07) is 22.3. The number of hydrogen-bond acceptors (Lipinski definition) is 1. The summed E-state index contributed by atoms with van der Waals surface area (Å²) in [7, 11) is 0. The molecule has 31 heavy (non-hydrogen) atoms. The van der Waals surface area contributed by atoms with E-state index in [1.807, 2.05) is 6.08 Å². The molecule has 2 N–H and O–H groups in total. The zero-order chi connectivity index (χ0) is 22.0. The summed E-state index contributed by atoms with van der Waals surface area (Å²) in [6.07, 6.45) is 6.29. The van der Waals surface area contributed by atoms with Crippen LogP contribution in [0.15, 0.2) is 67.2 Å². The minimum absolute atomic E-state index is 0.619. The van der Waals surface area contributed by atoms with E-state index in [2.05, 4.69) is 88.0 Å². The molecule has 4 rings (SSSR count). The van der Waals surface area contributed by atoms with E-state index >= 15 is 0 Å². The molecule has 1 atom stereocenters. The Morgan fingerprint density at radius 2 is 1.74 bits per heavy atom. The maximum atomic E-state index is 6.21. The van der Waals surface area contributed by atoms with Crippen molar-refractivity contribution in [3.63, 3.8) is 0 Å². The summed E-state index contributed by atoms with van der Waals surface area (Å²) in [5.74, 6) is 0.619. The van der Waals surface area contributed by atoms with Crippen LogP contribution in [0, 0.1) is 12.8 Å². The van der Waals surface area contributed by atoms with Gasteiger partial charge in [-0.15, -0.1) is 0 Å². The third-order valence-electron chi connectivity index (χ3n) is 6.59. The van der Waals surface area contributed by atoms with Gasteiger partial charge in [0.2, 0.25) is 0 Å². The first-order chi connectivity index (χ1) is 15.0. The van der Waals surface area contributed by atoms with Crippen LogP contribution < -0.4 is 5.73 Å². The monoisotopic (exact) mass is 407 g/mol. The zero-order valence-electron chi connectivity index (χ0n) is 19.0. The highest BCUT2D eigenvalue weighted by Gasteiger charge is 2.22. The molecule has 0 fully saturated rings. The van der Waals surface area contributed by atoms with Crippen LogP contribution in [0.3, 0.4) is 0 Å². The van der Waals surface area contributed by atoms with Crippen molar-refractivity contribution >= 4 is 22.9 Å². The maximum absolute atomic E-state index is 6.21. The van der Waals surface area contributed by atoms with Crippen molar-refractivity contribution < 1.29 is 0 Å². The Bertz CT molecular complexity index is 1130. The van der Waals surface area contributed by atoms with Gasteiger partial charge in [0.15, 0.2) is 0 Å². The van der Waals surface area contributed by atoms with Crippen LogP contribution in [0.1, 0.15) is 65.6 Å². The molecule has 1 aliphatic rings. The van der Waals surface area contributed by atoms with Crippen molar-refractivity contribution in [1.82, 2.24) is 0 Å². The summed E-state index contributed by atoms with van der Waals surface area (Å²) in [5.41, 5.74) is 19.0. The van der Waals surface area contributed by atoms with Crippen molar-refractivity contribution in [3.8, 4) is 0 Å². The van der Waals surface area contributed by atoms with Gasteiger partial charge in [0.05, 0.1) is 0 Å². The van der Waals surface area contributed by atoms with E-state index in [0.717, 1.165) is 24.9 Å². The number of allylic oxidation sites excluding steroid dienone is 1. The fourth-order valence-corrected chi connectivity index (χ4v) is 4.82. The first-order valence-corrected chi connectivity index (χ1v) is 11.4. The lowest BCUT2D eigenvalue weighted by Gasteiger charge is -2.26. The van der Waals surface area contributed by atoms with Gasteiger partial charge in [-0.05, 0) is 95.2 Å². The number of rotatable bonds is 4. The molecule has 0 saturated carbocycles. The second-order valence-electron chi connectivity index (χ2n) is 8.96. The molecule has 1 heteroatoms. The van der Waals surface area contributed by atoms with Gasteiger partial charge in [0.25, 0.3) is 0 Å². The molecule has 1 nitrogen and oxygen atoms in total. The predicted octanol–water partition coefficient (Wildman–Crippen LogP) is 7.71. The Hall–Kier alpha value is -3.06. The van der Waals surface area contributed by atoms with E-state index in [-0.39, 0.29) is 0 Å². The number of nitrogen functional groups attached to an aromatic ring is 1. The molecule has 0 bridgehead atoms. The van der Waals surface area contributed by atoms with Crippen molar-refractivity contribution in [1.29, 1.82) is 0 Å². The number of aryl methyl sites for hydroxylation is 2. The first-order valence-electron chi connectivity index (χ1n) is 11.4. The highest BCUT2D eigenvalue weighted by molar-refractivity contribution is 6.00. The fraction of sp³-hybridized carbons (Fsp3) is 0.267. The molecule has 0 saturated heterocycles. The SMILES string of the molecule is C=Cc1ccc(/C2=C(\c3ccc(C)cc3)c3ccc(N)cc3CC(C)CC2)cc1CC. The number of anilines is 1. The highest BCUT2D eigenvalue weighted by Crippen LogP contribution is 2.41. The number of fused-ring (bicyclic) bond motifs is 1. The summed E-state index contributed by atoms with van der Waals surface area (Å²) < 4.78 is 0. The van der Waals surface area contributed by atoms with Crippen molar-refractivity contribution in [2.75, 3.05) is 5.73 Å². The molecule has 0 radical (unpaired) electrons. The molecular formula is C30H33N. The van der Waals surface area contributed by atoms with Crippen molar-refractivity contribution in [3.05, 3.63) is 106 Å². The van der Waals surface area contributed by atoms with E-state index < -0.39 is 0 Å². The third kappa shape index (κ3) is 4.37. The van der Waals surface area contributed by atoms with E-state index in [4.69, 9.17) is 5.73 Å². The van der Waals surface area contributed by atoms with Gasteiger partial charge in [-0.1, -0.05) is 80.6 Å². The third-order valence-corrected chi connectivity index (χ3v) is 6.59. The van der Waals surface area contributed by atoms with Crippen LogP contribution in [0.2, 0.25) is 0 Å². The summed E-state index contributed by atoms with van der Waals surface area (Å²) in [5, 5.41) is 0. The lowest BCUT2D eigenvalue weighted by Crippen LogP contribution is -2.10. The highest BCUT2D eigenvalue weighted by atomic mass is 14.5. The molecule has 0 heterocycles. The molecule has 0 aliphatic heterocycles. The smallest absolute Gasteiger partial charge is 0.0317 e. The second-order valence-corrected chi connectivity index (χ2v) is 8.96. The largest absolute Gasteiger partial charge is 0.399 e. The topological polar surface area (TPSA) is 26.0 Å². The average Bonchev–Trinajstić information content (AvgIpc) is 2.76. The zero-order valence-corrected chi connectivity index (χ0v) is 19.0. The Morgan fingerprint density at radius 1 is 1.00 bits per heavy atom. The predicted molar refractivity (Wildman–Crippen MR) is 136 cm³/mol. The Kier molecular flexibility index (Phi) is 6.13. The Labute approximate surface area is 187 Å². The van der Waals surface area contributed by atoms with Crippen LogP contribution in [-0.4, -0.2) is 0 Å². The van der Waals surface area contributed by atoms with E-state index in [1.54, 1.807) is 0 Å². The second kappa shape index (κ2) is 8.98. The van der Waals surface area contributed by atoms with Gasteiger partial charge < -0.3 is 5.73 Å². The van der Waals surface area contributed by atoms with Gasteiger partial charge in [0.1, 0.15) is 0 Å². The lowest BCUT2D eigenvalue weighted by atomic mass is 9.79. The maximum Gasteiger partial charge on any atom is 0.0317 e. The molecule has 0 aromatic heterocycles. The summed E-state index contributed by atoms with van der Waals surface area (Å²) in [4.78, 5) is 0. The van der Waals surface area contributed by atoms with Crippen LogP contribution in [-0.2, 0) is 12.8 Å². The van der Waals surface area contributed by atoms with E-state index in [0.29, 0.717) is 5.92 Å². The molecular weight excluding hydrogens is 374 g/mol. The van der Waals surface area contributed by atoms with Gasteiger partial charge >= 0.3 is 0 Å². The summed E-state index contributed by atoms with van der Waals surface area (Å²) >= 11 is 0. The van der Waals surface area contributed by atoms with Gasteiger partial charge in [-0.3, -0.25) is 0 Å². The van der Waals surface area contributed by atoms with Crippen molar-refractivity contribution in [2.24, 2.45) is 5.92 Å². The molecule has 3 aromatic carbocycles. The quantitative estimate of drug-likeness (QED) is 0.440. The number of nitrogens with two attached hydrogens (primary N) is 1. The van der Waals surface area contributed by atoms with Crippen LogP contribution in [0.5, 0.6) is 0 Å². The molecule has 1 unspecified atom stereocenters. The van der Waals surface area contributed by atoms with Crippen LogP contribution in [0.4, 0.5) is 5.69 Å². The lowest BCUT2D eigenvalue weighted by molar-refractivity contribution is 0.537. The summed E-state index contributed by atoms with van der Waals surface area (Å²) in [6.45, 7) is 10.7. The molecule has 0 amide bonds. The normalized spacial score (nSPS) is 18.7. The first kappa shape index (κ1) is 21.2. The van der Waals surface area contributed by atoms with E-state index in [9.17, 15) is 0 Å². The molecule has 3 aromatic rings. The number of benzene rings is 3. The van der Waals surface area contributed by atoms with Crippen LogP contribution >= 0.6 is 0 Å². The standard InChI is InChI=1S/C30H33N/c1-5-22-12-13-25(18-23(22)6-2)28-15-9-21(4)17-26-19-27(31)14-16-29(26)30(28)24-10-7-20(3)8-11-24/h5,7-8,10-14,16,18-19,21H,1,6,9,15,17,31H2,2-4H3/b30-28+. The molecule has 1 aliphatic carbocycles. The fourth-order valence-electron chi connectivity index (χ4n) is 4.82. The molecule has 158 valence electrons. The van der Waals surface area contributed by atoms with E-state index in [1.165, 1.54) is 56.5 Å². The van der Waals surface area contributed by atoms with Crippen LogP contribution in [0.25, 0.3) is 17.2 Å². The Balaban J connectivity index is 2.03. The average molecular weight is 408 g/mol. The minimum atomic E-state index is 0.619. The molecule has 0 spiro atoms. The number of hydrogen-bond donors (Lipinski definition) is 1. The van der Waals surface area contributed by atoms with Gasteiger partial charge in [-0.25, -0.2) is 0 Å². The Morgan fingerprint density at radius 3 is 2.45 bits per heavy atom. The van der Waals surface area contributed by atoms with Crippen molar-refractivity contribution in [2.45, 2.75) is 46.5 Å². The minimum Gasteiger partial charge on any atom is -0.399 e. The van der Waals surface area contributed by atoms with Gasteiger partial charge in [-0.2, -0.15) is 0 Å².